The van der Waals surface area contributed by atoms with Gasteiger partial charge in [0.1, 0.15) is 5.78 Å². The highest BCUT2D eigenvalue weighted by molar-refractivity contribution is 7.99. The van der Waals surface area contributed by atoms with Crippen molar-refractivity contribution in [3.05, 3.63) is 0 Å². The molecule has 4 heteroatoms. The van der Waals surface area contributed by atoms with Crippen molar-refractivity contribution < 1.29 is 9.59 Å². The predicted molar refractivity (Wildman–Crippen MR) is 53.8 cm³/mol. The van der Waals surface area contributed by atoms with E-state index >= 15 is 0 Å². The molecule has 1 unspecified atom stereocenters. The molecule has 0 aliphatic carbocycles. The molecule has 13 heavy (non-hydrogen) atoms. The van der Waals surface area contributed by atoms with Crippen LogP contribution in [0.5, 0.6) is 0 Å². The van der Waals surface area contributed by atoms with Crippen LogP contribution in [0.15, 0.2) is 0 Å². The second-order valence-electron chi connectivity index (χ2n) is 3.39. The van der Waals surface area contributed by atoms with E-state index in [1.165, 1.54) is 6.92 Å². The summed E-state index contributed by atoms with van der Waals surface area (Å²) in [4.78, 5) is 24.1. The number of amides is 1. The number of thioether (sulfide) groups is 1. The summed E-state index contributed by atoms with van der Waals surface area (Å²) >= 11 is 1.86. The van der Waals surface area contributed by atoms with Gasteiger partial charge in [-0.25, -0.2) is 0 Å². The summed E-state index contributed by atoms with van der Waals surface area (Å²) in [6, 6.07) is 0.283. The second-order valence-corrected chi connectivity index (χ2v) is 4.54. The molecule has 3 nitrogen and oxygen atoms in total. The van der Waals surface area contributed by atoms with Crippen molar-refractivity contribution in [1.82, 2.24) is 4.90 Å². The van der Waals surface area contributed by atoms with Gasteiger partial charge in [-0.15, -0.1) is 0 Å². The first kappa shape index (κ1) is 10.6. The molecule has 0 spiro atoms. The van der Waals surface area contributed by atoms with Crippen LogP contribution in [0, 0.1) is 0 Å². The van der Waals surface area contributed by atoms with Crippen molar-refractivity contribution in [2.45, 2.75) is 26.3 Å². The predicted octanol–water partition coefficient (Wildman–Crippen LogP) is 0.929. The van der Waals surface area contributed by atoms with Crippen LogP contribution >= 0.6 is 11.8 Å². The highest BCUT2D eigenvalue weighted by Gasteiger charge is 2.23. The molecule has 1 atom stereocenters. The van der Waals surface area contributed by atoms with Gasteiger partial charge < -0.3 is 4.90 Å². The summed E-state index contributed by atoms with van der Waals surface area (Å²) in [5.41, 5.74) is 0. The molecular weight excluding hydrogens is 186 g/mol. The van der Waals surface area contributed by atoms with Gasteiger partial charge in [0.05, 0.1) is 6.42 Å². The van der Waals surface area contributed by atoms with E-state index in [0.29, 0.717) is 0 Å². The Labute approximate surface area is 82.9 Å². The lowest BCUT2D eigenvalue weighted by Gasteiger charge is -2.32. The number of hydrogen-bond donors (Lipinski definition) is 0. The number of carbonyl (C=O) groups is 2. The van der Waals surface area contributed by atoms with Gasteiger partial charge in [-0.05, 0) is 13.8 Å². The summed E-state index contributed by atoms with van der Waals surface area (Å²) < 4.78 is 0. The minimum atomic E-state index is -0.0459. The first-order chi connectivity index (χ1) is 6.11. The van der Waals surface area contributed by atoms with Crippen LogP contribution in [-0.2, 0) is 9.59 Å². The summed E-state index contributed by atoms with van der Waals surface area (Å²) in [7, 11) is 0. The molecular formula is C9H15NO2S. The molecule has 0 saturated carbocycles. The Balaban J connectivity index is 2.48. The first-order valence-electron chi connectivity index (χ1n) is 4.48. The topological polar surface area (TPSA) is 37.4 Å². The highest BCUT2D eigenvalue weighted by Crippen LogP contribution is 2.16. The van der Waals surface area contributed by atoms with E-state index in [1.54, 1.807) is 0 Å². The van der Waals surface area contributed by atoms with E-state index in [0.717, 1.165) is 18.1 Å². The Bertz CT molecular complexity index is 218. The van der Waals surface area contributed by atoms with Crippen LogP contribution in [0.3, 0.4) is 0 Å². The van der Waals surface area contributed by atoms with Crippen LogP contribution in [0.1, 0.15) is 20.3 Å². The lowest BCUT2D eigenvalue weighted by molar-refractivity contribution is -0.136. The minimum absolute atomic E-state index is 0.0136. The lowest BCUT2D eigenvalue weighted by Crippen LogP contribution is -2.44. The second kappa shape index (κ2) is 4.65. The summed E-state index contributed by atoms with van der Waals surface area (Å²) in [5.74, 6) is 1.92. The van der Waals surface area contributed by atoms with Crippen molar-refractivity contribution >= 4 is 23.5 Å². The number of Topliss-reactive ketones (excluding diaryl/α,β-unsaturated/α-hetero) is 1. The summed E-state index contributed by atoms with van der Waals surface area (Å²) in [5, 5.41) is 0. The molecule has 1 rings (SSSR count). The molecule has 0 radical (unpaired) electrons. The van der Waals surface area contributed by atoms with Crippen molar-refractivity contribution in [2.24, 2.45) is 0 Å². The standard InChI is InChI=1S/C9H15NO2S/c1-7-6-13-4-3-10(7)9(12)5-8(2)11/h7H,3-6H2,1-2H3. The molecule has 1 saturated heterocycles. The molecule has 0 bridgehead atoms. The lowest BCUT2D eigenvalue weighted by atomic mass is 10.2. The highest BCUT2D eigenvalue weighted by atomic mass is 32.2. The van der Waals surface area contributed by atoms with Gasteiger partial charge in [0.2, 0.25) is 5.91 Å². The molecule has 1 amide bonds. The van der Waals surface area contributed by atoms with E-state index < -0.39 is 0 Å². The Kier molecular flexibility index (Phi) is 3.78. The van der Waals surface area contributed by atoms with E-state index in [4.69, 9.17) is 0 Å². The van der Waals surface area contributed by atoms with E-state index in [-0.39, 0.29) is 24.2 Å². The van der Waals surface area contributed by atoms with Crippen LogP contribution in [0.4, 0.5) is 0 Å². The zero-order chi connectivity index (χ0) is 9.84. The van der Waals surface area contributed by atoms with Gasteiger partial charge in [-0.2, -0.15) is 11.8 Å². The molecule has 1 heterocycles. The maximum Gasteiger partial charge on any atom is 0.230 e. The van der Waals surface area contributed by atoms with E-state index in [1.807, 2.05) is 23.6 Å². The number of rotatable bonds is 2. The molecule has 74 valence electrons. The average Bonchev–Trinajstić information content (AvgIpc) is 2.03. The quantitative estimate of drug-likeness (QED) is 0.624. The van der Waals surface area contributed by atoms with Gasteiger partial charge >= 0.3 is 0 Å². The molecule has 0 aromatic heterocycles. The molecule has 0 aromatic carbocycles. The Hall–Kier alpha value is -0.510. The summed E-state index contributed by atoms with van der Waals surface area (Å²) in [6.07, 6.45) is 0.0645. The molecule has 1 aliphatic heterocycles. The van der Waals surface area contributed by atoms with Crippen LogP contribution < -0.4 is 0 Å². The molecule has 1 fully saturated rings. The molecule has 1 aliphatic rings. The minimum Gasteiger partial charge on any atom is -0.338 e. The van der Waals surface area contributed by atoms with E-state index in [9.17, 15) is 9.59 Å². The normalized spacial score (nSPS) is 22.9. The van der Waals surface area contributed by atoms with Gasteiger partial charge in [0.15, 0.2) is 0 Å². The maximum atomic E-state index is 11.5. The van der Waals surface area contributed by atoms with Crippen LogP contribution in [0.2, 0.25) is 0 Å². The fraction of sp³-hybridized carbons (Fsp3) is 0.778. The Morgan fingerprint density at radius 1 is 1.54 bits per heavy atom. The van der Waals surface area contributed by atoms with Crippen LogP contribution in [0.25, 0.3) is 0 Å². The average molecular weight is 201 g/mol. The zero-order valence-corrected chi connectivity index (χ0v) is 8.89. The van der Waals surface area contributed by atoms with Crippen molar-refractivity contribution in [2.75, 3.05) is 18.1 Å². The number of carbonyl (C=O) groups excluding carboxylic acids is 2. The fourth-order valence-electron chi connectivity index (χ4n) is 1.41. The third kappa shape index (κ3) is 3.03. The number of ketones is 1. The van der Waals surface area contributed by atoms with Gasteiger partial charge in [0.25, 0.3) is 0 Å². The SMILES string of the molecule is CC(=O)CC(=O)N1CCSCC1C. The van der Waals surface area contributed by atoms with Gasteiger partial charge in [-0.3, -0.25) is 9.59 Å². The molecule has 0 N–H and O–H groups in total. The van der Waals surface area contributed by atoms with E-state index in [2.05, 4.69) is 0 Å². The van der Waals surface area contributed by atoms with Crippen molar-refractivity contribution in [3.8, 4) is 0 Å². The van der Waals surface area contributed by atoms with Crippen molar-refractivity contribution in [1.29, 1.82) is 0 Å². The third-order valence-corrected chi connectivity index (χ3v) is 3.28. The first-order valence-corrected chi connectivity index (χ1v) is 5.63. The Morgan fingerprint density at radius 2 is 2.23 bits per heavy atom. The fourth-order valence-corrected chi connectivity index (χ4v) is 2.43. The summed E-state index contributed by atoms with van der Waals surface area (Å²) in [6.45, 7) is 4.28. The number of hydrogen-bond acceptors (Lipinski definition) is 3. The monoisotopic (exact) mass is 201 g/mol. The van der Waals surface area contributed by atoms with Gasteiger partial charge in [-0.1, -0.05) is 0 Å². The largest absolute Gasteiger partial charge is 0.338 e. The zero-order valence-electron chi connectivity index (χ0n) is 8.08. The van der Waals surface area contributed by atoms with Crippen LogP contribution in [-0.4, -0.2) is 40.7 Å². The maximum absolute atomic E-state index is 11.5. The van der Waals surface area contributed by atoms with Crippen molar-refractivity contribution in [3.63, 3.8) is 0 Å². The Morgan fingerprint density at radius 3 is 2.77 bits per heavy atom. The third-order valence-electron chi connectivity index (χ3n) is 2.09. The number of nitrogens with zero attached hydrogens (tertiary/aromatic N) is 1. The van der Waals surface area contributed by atoms with Gasteiger partial charge in [0, 0.05) is 24.1 Å². The molecule has 0 aromatic rings. The smallest absolute Gasteiger partial charge is 0.230 e.